The lowest BCUT2D eigenvalue weighted by atomic mass is 9.97. The van der Waals surface area contributed by atoms with Gasteiger partial charge in [0, 0.05) is 5.56 Å². The van der Waals surface area contributed by atoms with E-state index in [-0.39, 0.29) is 10.8 Å². The molecule has 0 aliphatic heterocycles. The van der Waals surface area contributed by atoms with Crippen molar-refractivity contribution < 1.29 is 9.18 Å². The van der Waals surface area contributed by atoms with Crippen molar-refractivity contribution in [2.75, 3.05) is 0 Å². The zero-order chi connectivity index (χ0) is 12.5. The number of hydrogen-bond acceptors (Lipinski definition) is 2. The Bertz CT molecular complexity index is 410. The molecule has 1 rings (SSSR count). The predicted octanol–water partition coefficient (Wildman–Crippen LogP) is 3.07. The van der Waals surface area contributed by atoms with Crippen molar-refractivity contribution in [3.63, 3.8) is 0 Å². The van der Waals surface area contributed by atoms with Crippen LogP contribution in [0.2, 0.25) is 5.02 Å². The Balaban J connectivity index is 3.15. The molecule has 0 aliphatic carbocycles. The minimum atomic E-state index is -1.47. The van der Waals surface area contributed by atoms with Crippen molar-refractivity contribution in [2.45, 2.75) is 32.5 Å². The Hall–Kier alpha value is -0.930. The van der Waals surface area contributed by atoms with Gasteiger partial charge in [0.2, 0.25) is 0 Å². The molecule has 0 heterocycles. The molecular formula is C12H15ClFNO. The summed E-state index contributed by atoms with van der Waals surface area (Å²) in [4.78, 5) is 11.6. The molecule has 2 nitrogen and oxygen atoms in total. The standard InChI is InChI=1S/C12H15ClFNO/c1-7(15)11(16)9-5-4-8(6-10(9)13)12(2,3)14/h4-7H,15H2,1-3H3. The largest absolute Gasteiger partial charge is 0.321 e. The van der Waals surface area contributed by atoms with E-state index in [2.05, 4.69) is 0 Å². The van der Waals surface area contributed by atoms with Crippen LogP contribution in [0, 0.1) is 0 Å². The quantitative estimate of drug-likeness (QED) is 0.829. The maximum Gasteiger partial charge on any atom is 0.180 e. The number of rotatable bonds is 3. The van der Waals surface area contributed by atoms with E-state index >= 15 is 0 Å². The van der Waals surface area contributed by atoms with Gasteiger partial charge in [0.05, 0.1) is 11.1 Å². The molecule has 1 unspecified atom stereocenters. The summed E-state index contributed by atoms with van der Waals surface area (Å²) in [7, 11) is 0. The second kappa shape index (κ2) is 4.52. The molecule has 88 valence electrons. The summed E-state index contributed by atoms with van der Waals surface area (Å²) in [5, 5.41) is 0.241. The molecule has 1 aromatic rings. The van der Waals surface area contributed by atoms with Crippen molar-refractivity contribution in [1.29, 1.82) is 0 Å². The molecular weight excluding hydrogens is 229 g/mol. The SMILES string of the molecule is CC(N)C(=O)c1ccc(C(C)(C)F)cc1Cl. The van der Waals surface area contributed by atoms with Crippen LogP contribution in [-0.4, -0.2) is 11.8 Å². The van der Waals surface area contributed by atoms with E-state index in [4.69, 9.17) is 17.3 Å². The fraction of sp³-hybridized carbons (Fsp3) is 0.417. The Morgan fingerprint density at radius 2 is 2.06 bits per heavy atom. The molecule has 2 N–H and O–H groups in total. The third-order valence-corrected chi connectivity index (χ3v) is 2.65. The average Bonchev–Trinajstić information content (AvgIpc) is 2.15. The van der Waals surface area contributed by atoms with E-state index in [0.29, 0.717) is 11.1 Å². The van der Waals surface area contributed by atoms with Crippen molar-refractivity contribution in [3.8, 4) is 0 Å². The summed E-state index contributed by atoms with van der Waals surface area (Å²) in [6, 6.07) is 3.94. The number of halogens is 2. The molecule has 0 saturated carbocycles. The molecule has 0 amide bonds. The normalized spacial score (nSPS) is 13.6. The average molecular weight is 244 g/mol. The van der Waals surface area contributed by atoms with Crippen LogP contribution in [0.1, 0.15) is 36.7 Å². The first kappa shape index (κ1) is 13.1. The fourth-order valence-electron chi connectivity index (χ4n) is 1.33. The summed E-state index contributed by atoms with van der Waals surface area (Å²) in [5.74, 6) is -0.242. The Morgan fingerprint density at radius 3 is 2.44 bits per heavy atom. The molecule has 1 aromatic carbocycles. The molecule has 0 fully saturated rings. The minimum Gasteiger partial charge on any atom is -0.321 e. The molecule has 0 aromatic heterocycles. The minimum absolute atomic E-state index is 0.241. The first-order valence-corrected chi connectivity index (χ1v) is 5.40. The molecule has 16 heavy (non-hydrogen) atoms. The lowest BCUT2D eigenvalue weighted by molar-refractivity contribution is 0.0968. The van der Waals surface area contributed by atoms with Gasteiger partial charge < -0.3 is 5.73 Å². The first-order chi connectivity index (χ1) is 7.23. The van der Waals surface area contributed by atoms with Gasteiger partial charge in [-0.25, -0.2) is 4.39 Å². The smallest absolute Gasteiger partial charge is 0.180 e. The number of alkyl halides is 1. The van der Waals surface area contributed by atoms with E-state index in [1.165, 1.54) is 26.0 Å². The third-order valence-electron chi connectivity index (χ3n) is 2.33. The van der Waals surface area contributed by atoms with Gasteiger partial charge in [-0.15, -0.1) is 0 Å². The first-order valence-electron chi connectivity index (χ1n) is 5.02. The molecule has 4 heteroatoms. The Morgan fingerprint density at radius 1 is 1.50 bits per heavy atom. The second-order valence-electron chi connectivity index (χ2n) is 4.32. The number of nitrogens with two attached hydrogens (primary N) is 1. The lowest BCUT2D eigenvalue weighted by Gasteiger charge is -2.16. The van der Waals surface area contributed by atoms with Gasteiger partial charge in [-0.2, -0.15) is 0 Å². The Kier molecular flexibility index (Phi) is 3.71. The van der Waals surface area contributed by atoms with Crippen LogP contribution < -0.4 is 5.73 Å². The Labute approximate surface area is 99.6 Å². The van der Waals surface area contributed by atoms with Crippen LogP contribution in [-0.2, 0) is 5.67 Å². The highest BCUT2D eigenvalue weighted by atomic mass is 35.5. The van der Waals surface area contributed by atoms with Crippen molar-refractivity contribution in [1.82, 2.24) is 0 Å². The van der Waals surface area contributed by atoms with Gasteiger partial charge in [0.25, 0.3) is 0 Å². The highest BCUT2D eigenvalue weighted by Crippen LogP contribution is 2.28. The van der Waals surface area contributed by atoms with E-state index < -0.39 is 11.7 Å². The second-order valence-corrected chi connectivity index (χ2v) is 4.73. The van der Waals surface area contributed by atoms with Gasteiger partial charge in [0.1, 0.15) is 5.67 Å². The van der Waals surface area contributed by atoms with Crippen molar-refractivity contribution in [2.24, 2.45) is 5.73 Å². The van der Waals surface area contributed by atoms with Crippen LogP contribution in [0.25, 0.3) is 0 Å². The van der Waals surface area contributed by atoms with Gasteiger partial charge in [-0.1, -0.05) is 17.7 Å². The number of Topliss-reactive ketones (excluding diaryl/α,β-unsaturated/α-hetero) is 1. The monoisotopic (exact) mass is 243 g/mol. The number of hydrogen-bond donors (Lipinski definition) is 1. The van der Waals surface area contributed by atoms with E-state index in [1.54, 1.807) is 13.0 Å². The topological polar surface area (TPSA) is 43.1 Å². The van der Waals surface area contributed by atoms with Crippen LogP contribution in [0.15, 0.2) is 18.2 Å². The van der Waals surface area contributed by atoms with E-state index in [0.717, 1.165) is 0 Å². The zero-order valence-electron chi connectivity index (χ0n) is 9.55. The lowest BCUT2D eigenvalue weighted by Crippen LogP contribution is -2.27. The van der Waals surface area contributed by atoms with Crippen LogP contribution in [0.3, 0.4) is 0 Å². The van der Waals surface area contributed by atoms with Gasteiger partial charge in [-0.3, -0.25) is 4.79 Å². The molecule has 0 aliphatic rings. The molecule has 1 atom stereocenters. The number of carbonyl (C=O) groups is 1. The summed E-state index contributed by atoms with van der Waals surface area (Å²) in [6.45, 7) is 4.46. The molecule has 0 bridgehead atoms. The maximum absolute atomic E-state index is 13.6. The number of ketones is 1. The zero-order valence-corrected chi connectivity index (χ0v) is 10.3. The molecule has 0 radical (unpaired) electrons. The summed E-state index contributed by atoms with van der Waals surface area (Å²) in [5.41, 5.74) is 4.79. The van der Waals surface area contributed by atoms with Crippen LogP contribution in [0.5, 0.6) is 0 Å². The van der Waals surface area contributed by atoms with E-state index in [1.807, 2.05) is 0 Å². The van der Waals surface area contributed by atoms with Gasteiger partial charge in [0.15, 0.2) is 5.78 Å². The summed E-state index contributed by atoms with van der Waals surface area (Å²) in [6.07, 6.45) is 0. The molecule has 0 saturated heterocycles. The van der Waals surface area contributed by atoms with E-state index in [9.17, 15) is 9.18 Å². The van der Waals surface area contributed by atoms with Crippen LogP contribution >= 0.6 is 11.6 Å². The highest BCUT2D eigenvalue weighted by Gasteiger charge is 2.21. The van der Waals surface area contributed by atoms with Gasteiger partial charge in [-0.05, 0) is 38.5 Å². The summed E-state index contributed by atoms with van der Waals surface area (Å²) >= 11 is 5.93. The predicted molar refractivity (Wildman–Crippen MR) is 63.6 cm³/mol. The number of carbonyl (C=O) groups excluding carboxylic acids is 1. The fourth-order valence-corrected chi connectivity index (χ4v) is 1.60. The number of benzene rings is 1. The van der Waals surface area contributed by atoms with Crippen LogP contribution in [0.4, 0.5) is 4.39 Å². The van der Waals surface area contributed by atoms with Gasteiger partial charge >= 0.3 is 0 Å². The summed E-state index contributed by atoms with van der Waals surface area (Å²) < 4.78 is 13.6. The maximum atomic E-state index is 13.6. The van der Waals surface area contributed by atoms with Crippen molar-refractivity contribution >= 4 is 17.4 Å². The van der Waals surface area contributed by atoms with Crippen molar-refractivity contribution in [3.05, 3.63) is 34.3 Å². The molecule has 0 spiro atoms. The highest BCUT2D eigenvalue weighted by molar-refractivity contribution is 6.34. The third kappa shape index (κ3) is 2.80.